The average molecular weight is 196 g/mol. The van der Waals surface area contributed by atoms with E-state index in [2.05, 4.69) is 17.3 Å². The largest absolute Gasteiger partial charge is 0.319 e. The summed E-state index contributed by atoms with van der Waals surface area (Å²) in [6.45, 7) is 3.92. The highest BCUT2D eigenvalue weighted by Gasteiger charge is 2.28. The summed E-state index contributed by atoms with van der Waals surface area (Å²) < 4.78 is 0. The van der Waals surface area contributed by atoms with Crippen LogP contribution >= 0.6 is 0 Å². The monoisotopic (exact) mass is 196 g/mol. The lowest BCUT2D eigenvalue weighted by Crippen LogP contribution is -2.35. The Kier molecular flexibility index (Phi) is 3.82. The van der Waals surface area contributed by atoms with Crippen LogP contribution in [-0.2, 0) is 0 Å². The van der Waals surface area contributed by atoms with E-state index in [1.165, 1.54) is 58.2 Å². The van der Waals surface area contributed by atoms with Crippen LogP contribution in [0.4, 0.5) is 0 Å². The van der Waals surface area contributed by atoms with Gasteiger partial charge in [-0.3, -0.25) is 0 Å². The fraction of sp³-hybridized carbons (Fsp3) is 1.00. The molecule has 2 rings (SSSR count). The van der Waals surface area contributed by atoms with Crippen LogP contribution in [0.15, 0.2) is 0 Å². The molecule has 0 amide bonds. The first-order valence-corrected chi connectivity index (χ1v) is 6.29. The molecule has 14 heavy (non-hydrogen) atoms. The van der Waals surface area contributed by atoms with Crippen molar-refractivity contribution in [1.82, 2.24) is 10.2 Å². The topological polar surface area (TPSA) is 15.3 Å². The molecule has 1 saturated carbocycles. The average Bonchev–Trinajstić information content (AvgIpc) is 2.68. The second-order valence-electron chi connectivity index (χ2n) is 5.00. The Hall–Kier alpha value is -0.0800. The number of nitrogens with one attached hydrogen (secondary N) is 1. The molecule has 2 nitrogen and oxygen atoms in total. The van der Waals surface area contributed by atoms with Gasteiger partial charge in [0, 0.05) is 12.6 Å². The molecule has 1 saturated heterocycles. The van der Waals surface area contributed by atoms with Crippen LogP contribution in [0, 0.1) is 5.92 Å². The zero-order chi connectivity index (χ0) is 9.80. The van der Waals surface area contributed by atoms with Gasteiger partial charge in [-0.25, -0.2) is 0 Å². The molecule has 0 radical (unpaired) electrons. The van der Waals surface area contributed by atoms with Crippen molar-refractivity contribution in [3.63, 3.8) is 0 Å². The van der Waals surface area contributed by atoms with Gasteiger partial charge in [0.25, 0.3) is 0 Å². The number of hydrogen-bond donors (Lipinski definition) is 1. The molecule has 0 spiro atoms. The van der Waals surface area contributed by atoms with E-state index in [1.54, 1.807) is 0 Å². The number of rotatable bonds is 3. The molecule has 0 aromatic carbocycles. The summed E-state index contributed by atoms with van der Waals surface area (Å²) in [4.78, 5) is 2.75. The molecular formula is C12H24N2. The smallest absolute Gasteiger partial charge is 0.00953 e. The van der Waals surface area contributed by atoms with E-state index >= 15 is 0 Å². The standard InChI is InChI=1S/C12H24N2/c1-13-9-11-7-8-14(10-11)12-5-3-2-4-6-12/h11-13H,2-10H2,1H3. The molecule has 1 aliphatic carbocycles. The van der Waals surface area contributed by atoms with Crippen LogP contribution in [-0.4, -0.2) is 37.6 Å². The van der Waals surface area contributed by atoms with Gasteiger partial charge in [-0.2, -0.15) is 0 Å². The molecule has 1 heterocycles. The molecule has 0 aromatic heterocycles. The predicted molar refractivity (Wildman–Crippen MR) is 60.5 cm³/mol. The molecule has 2 fully saturated rings. The van der Waals surface area contributed by atoms with E-state index < -0.39 is 0 Å². The Bertz CT molecular complexity index is 164. The van der Waals surface area contributed by atoms with Gasteiger partial charge in [-0.15, -0.1) is 0 Å². The molecule has 2 heteroatoms. The van der Waals surface area contributed by atoms with E-state index in [0.29, 0.717) is 0 Å². The van der Waals surface area contributed by atoms with Crippen molar-refractivity contribution >= 4 is 0 Å². The van der Waals surface area contributed by atoms with Crippen molar-refractivity contribution in [3.8, 4) is 0 Å². The first-order chi connectivity index (χ1) is 6.90. The van der Waals surface area contributed by atoms with Crippen molar-refractivity contribution in [2.24, 2.45) is 5.92 Å². The summed E-state index contributed by atoms with van der Waals surface area (Å²) in [5, 5.41) is 3.31. The molecule has 0 bridgehead atoms. The Morgan fingerprint density at radius 1 is 1.14 bits per heavy atom. The van der Waals surface area contributed by atoms with Gasteiger partial charge < -0.3 is 10.2 Å². The van der Waals surface area contributed by atoms with Gasteiger partial charge in [-0.1, -0.05) is 19.3 Å². The first kappa shape index (κ1) is 10.4. The van der Waals surface area contributed by atoms with Crippen molar-refractivity contribution in [2.75, 3.05) is 26.7 Å². The predicted octanol–water partition coefficient (Wildman–Crippen LogP) is 1.86. The van der Waals surface area contributed by atoms with E-state index in [0.717, 1.165) is 12.0 Å². The molecule has 0 aromatic rings. The fourth-order valence-electron chi connectivity index (χ4n) is 3.10. The van der Waals surface area contributed by atoms with Gasteiger partial charge in [-0.05, 0) is 45.3 Å². The van der Waals surface area contributed by atoms with Crippen LogP contribution in [0.25, 0.3) is 0 Å². The van der Waals surface area contributed by atoms with E-state index in [-0.39, 0.29) is 0 Å². The third-order valence-electron chi connectivity index (χ3n) is 3.90. The highest BCUT2D eigenvalue weighted by atomic mass is 15.2. The van der Waals surface area contributed by atoms with Gasteiger partial charge in [0.2, 0.25) is 0 Å². The van der Waals surface area contributed by atoms with Gasteiger partial charge in [0.1, 0.15) is 0 Å². The summed E-state index contributed by atoms with van der Waals surface area (Å²) in [5.74, 6) is 0.918. The quantitative estimate of drug-likeness (QED) is 0.741. The lowest BCUT2D eigenvalue weighted by Gasteiger charge is -2.31. The van der Waals surface area contributed by atoms with E-state index in [1.807, 2.05) is 0 Å². The fourth-order valence-corrected chi connectivity index (χ4v) is 3.10. The second-order valence-corrected chi connectivity index (χ2v) is 5.00. The van der Waals surface area contributed by atoms with Gasteiger partial charge in [0.15, 0.2) is 0 Å². The normalized spacial score (nSPS) is 31.1. The van der Waals surface area contributed by atoms with Crippen LogP contribution < -0.4 is 5.32 Å². The first-order valence-electron chi connectivity index (χ1n) is 6.29. The molecule has 1 unspecified atom stereocenters. The maximum absolute atomic E-state index is 3.31. The van der Waals surface area contributed by atoms with Gasteiger partial charge in [0.05, 0.1) is 0 Å². The molecule has 1 N–H and O–H groups in total. The van der Waals surface area contributed by atoms with Gasteiger partial charge >= 0.3 is 0 Å². The molecule has 1 atom stereocenters. The molecule has 1 aliphatic heterocycles. The summed E-state index contributed by atoms with van der Waals surface area (Å²) in [6, 6.07) is 0.936. The van der Waals surface area contributed by atoms with Crippen molar-refractivity contribution in [1.29, 1.82) is 0 Å². The summed E-state index contributed by atoms with van der Waals surface area (Å²) in [6.07, 6.45) is 8.76. The summed E-state index contributed by atoms with van der Waals surface area (Å²) in [5.41, 5.74) is 0. The third kappa shape index (κ3) is 2.48. The third-order valence-corrected chi connectivity index (χ3v) is 3.90. The molecule has 82 valence electrons. The maximum Gasteiger partial charge on any atom is 0.00953 e. The molecular weight excluding hydrogens is 172 g/mol. The van der Waals surface area contributed by atoms with E-state index in [4.69, 9.17) is 0 Å². The minimum atomic E-state index is 0.918. The SMILES string of the molecule is CNCC1CCN(C2CCCCC2)C1. The van der Waals surface area contributed by atoms with Crippen LogP contribution in [0.3, 0.4) is 0 Å². The minimum Gasteiger partial charge on any atom is -0.319 e. The van der Waals surface area contributed by atoms with Crippen molar-refractivity contribution in [3.05, 3.63) is 0 Å². The lowest BCUT2D eigenvalue weighted by molar-refractivity contribution is 0.185. The Balaban J connectivity index is 1.76. The van der Waals surface area contributed by atoms with E-state index in [9.17, 15) is 0 Å². The number of hydrogen-bond acceptors (Lipinski definition) is 2. The Morgan fingerprint density at radius 2 is 1.93 bits per heavy atom. The van der Waals surface area contributed by atoms with Crippen LogP contribution in [0.1, 0.15) is 38.5 Å². The Labute approximate surface area is 88.1 Å². The lowest BCUT2D eigenvalue weighted by atomic mass is 9.94. The minimum absolute atomic E-state index is 0.918. The maximum atomic E-state index is 3.31. The van der Waals surface area contributed by atoms with Crippen molar-refractivity contribution < 1.29 is 0 Å². The number of likely N-dealkylation sites (tertiary alicyclic amines) is 1. The summed E-state index contributed by atoms with van der Waals surface area (Å²) in [7, 11) is 2.07. The number of nitrogens with zero attached hydrogens (tertiary/aromatic N) is 1. The Morgan fingerprint density at radius 3 is 2.64 bits per heavy atom. The van der Waals surface area contributed by atoms with Crippen LogP contribution in [0.2, 0.25) is 0 Å². The zero-order valence-electron chi connectivity index (χ0n) is 9.47. The second kappa shape index (κ2) is 5.13. The highest BCUT2D eigenvalue weighted by Crippen LogP contribution is 2.27. The zero-order valence-corrected chi connectivity index (χ0v) is 9.47. The molecule has 2 aliphatic rings. The van der Waals surface area contributed by atoms with Crippen molar-refractivity contribution in [2.45, 2.75) is 44.6 Å². The highest BCUT2D eigenvalue weighted by molar-refractivity contribution is 4.83. The van der Waals surface area contributed by atoms with Crippen LogP contribution in [0.5, 0.6) is 0 Å². The summed E-state index contributed by atoms with van der Waals surface area (Å²) >= 11 is 0.